The molecule has 1 saturated carbocycles. The summed E-state index contributed by atoms with van der Waals surface area (Å²) in [7, 11) is 0. The lowest BCUT2D eigenvalue weighted by atomic mass is 9.87. The second-order valence-electron chi connectivity index (χ2n) is 11.3. The molecule has 0 spiro atoms. The van der Waals surface area contributed by atoms with Crippen LogP contribution in [0.25, 0.3) is 0 Å². The smallest absolute Gasteiger partial charge is 0.326 e. The molecule has 1 aliphatic heterocycles. The molecule has 4 rings (SSSR count). The number of aromatic nitrogens is 1. The second-order valence-corrected chi connectivity index (χ2v) is 11.3. The maximum atomic E-state index is 14.3. The molecule has 4 amide bonds. The number of hydrogen-bond acceptors (Lipinski definition) is 4. The molecule has 2 unspecified atom stereocenters. The third kappa shape index (κ3) is 6.34. The number of amides is 4. The fraction of sp³-hybridized carbons (Fsp3) is 0.500. The van der Waals surface area contributed by atoms with Crippen LogP contribution in [0.3, 0.4) is 0 Å². The van der Waals surface area contributed by atoms with Crippen molar-refractivity contribution < 1.29 is 27.6 Å². The lowest BCUT2D eigenvalue weighted by Gasteiger charge is -2.43. The zero-order valence-corrected chi connectivity index (χ0v) is 22.3. The first-order valence-corrected chi connectivity index (χ1v) is 13.1. The number of primary amides is 1. The summed E-state index contributed by atoms with van der Waals surface area (Å²) in [6, 6.07) is 4.71. The summed E-state index contributed by atoms with van der Waals surface area (Å²) in [6.45, 7) is 6.34. The molecular formula is C28H34F3N5O3. The van der Waals surface area contributed by atoms with Crippen molar-refractivity contribution in [3.05, 3.63) is 59.7 Å². The Hall–Kier alpha value is -3.63. The Kier molecular flexibility index (Phi) is 7.90. The SMILES string of the molecule is CC(C)(C)c1ccc(N(C(=O)N2CCC2C(N)=O)C(C(=O)NC2CCC(F)(F)CC2)c2cncc(F)c2)cc1. The van der Waals surface area contributed by atoms with Crippen LogP contribution in [0, 0.1) is 5.82 Å². The van der Waals surface area contributed by atoms with Crippen molar-refractivity contribution in [1.29, 1.82) is 0 Å². The molecule has 2 atom stereocenters. The highest BCUT2D eigenvalue weighted by Gasteiger charge is 2.44. The first-order chi connectivity index (χ1) is 18.3. The van der Waals surface area contributed by atoms with Crippen molar-refractivity contribution in [2.45, 2.75) is 82.3 Å². The number of rotatable bonds is 6. The van der Waals surface area contributed by atoms with Gasteiger partial charge in [-0.3, -0.25) is 19.5 Å². The van der Waals surface area contributed by atoms with Gasteiger partial charge >= 0.3 is 6.03 Å². The van der Waals surface area contributed by atoms with E-state index in [0.717, 1.165) is 17.8 Å². The monoisotopic (exact) mass is 545 g/mol. The number of alkyl halides is 2. The van der Waals surface area contributed by atoms with Gasteiger partial charge in [-0.05, 0) is 48.4 Å². The van der Waals surface area contributed by atoms with E-state index in [1.165, 1.54) is 16.0 Å². The van der Waals surface area contributed by atoms with Crippen molar-refractivity contribution in [2.24, 2.45) is 5.73 Å². The number of carbonyl (C=O) groups is 3. The molecule has 2 heterocycles. The van der Waals surface area contributed by atoms with Crippen LogP contribution < -0.4 is 16.0 Å². The van der Waals surface area contributed by atoms with Gasteiger partial charge in [-0.1, -0.05) is 32.9 Å². The average Bonchev–Trinajstić information content (AvgIpc) is 2.82. The van der Waals surface area contributed by atoms with E-state index >= 15 is 0 Å². The van der Waals surface area contributed by atoms with E-state index < -0.39 is 47.7 Å². The van der Waals surface area contributed by atoms with E-state index in [4.69, 9.17) is 5.73 Å². The van der Waals surface area contributed by atoms with E-state index in [-0.39, 0.29) is 43.2 Å². The van der Waals surface area contributed by atoms with Crippen molar-refractivity contribution in [3.8, 4) is 0 Å². The largest absolute Gasteiger partial charge is 0.368 e. The van der Waals surface area contributed by atoms with Crippen molar-refractivity contribution in [2.75, 3.05) is 11.4 Å². The second kappa shape index (κ2) is 10.9. The zero-order valence-electron chi connectivity index (χ0n) is 22.3. The fourth-order valence-electron chi connectivity index (χ4n) is 5.00. The summed E-state index contributed by atoms with van der Waals surface area (Å²) in [4.78, 5) is 46.1. The van der Waals surface area contributed by atoms with Gasteiger partial charge in [0, 0.05) is 42.9 Å². The molecule has 8 nitrogen and oxygen atoms in total. The summed E-state index contributed by atoms with van der Waals surface area (Å²) in [6.07, 6.45) is 2.04. The minimum atomic E-state index is -2.79. The number of carbonyl (C=O) groups excluding carboxylic acids is 3. The Morgan fingerprint density at radius 1 is 1.10 bits per heavy atom. The van der Waals surface area contributed by atoms with Crippen LogP contribution in [0.5, 0.6) is 0 Å². The molecule has 3 N–H and O–H groups in total. The van der Waals surface area contributed by atoms with Gasteiger partial charge in [0.05, 0.1) is 6.20 Å². The number of likely N-dealkylation sites (tertiary alicyclic amines) is 1. The normalized spacial score (nSPS) is 20.1. The number of pyridine rings is 1. The number of nitrogens with two attached hydrogens (primary N) is 1. The van der Waals surface area contributed by atoms with Crippen LogP contribution >= 0.6 is 0 Å². The summed E-state index contributed by atoms with van der Waals surface area (Å²) in [5.41, 5.74) is 6.72. The predicted octanol–water partition coefficient (Wildman–Crippen LogP) is 4.44. The van der Waals surface area contributed by atoms with E-state index in [9.17, 15) is 27.6 Å². The van der Waals surface area contributed by atoms with Crippen molar-refractivity contribution >= 4 is 23.5 Å². The Morgan fingerprint density at radius 2 is 1.74 bits per heavy atom. The van der Waals surface area contributed by atoms with Gasteiger partial charge in [0.15, 0.2) is 0 Å². The number of benzene rings is 1. The number of urea groups is 1. The van der Waals surface area contributed by atoms with Gasteiger partial charge in [0.25, 0.3) is 0 Å². The topological polar surface area (TPSA) is 109 Å². The molecule has 11 heteroatoms. The van der Waals surface area contributed by atoms with Crippen LogP contribution in [0.2, 0.25) is 0 Å². The van der Waals surface area contributed by atoms with Gasteiger partial charge in [-0.15, -0.1) is 0 Å². The zero-order chi connectivity index (χ0) is 28.5. The maximum Gasteiger partial charge on any atom is 0.326 e. The molecule has 2 fully saturated rings. The lowest BCUT2D eigenvalue weighted by Crippen LogP contribution is -2.62. The molecule has 210 valence electrons. The highest BCUT2D eigenvalue weighted by atomic mass is 19.3. The summed E-state index contributed by atoms with van der Waals surface area (Å²) >= 11 is 0. The number of halogens is 3. The summed E-state index contributed by atoms with van der Waals surface area (Å²) in [5, 5.41) is 2.80. The third-order valence-electron chi connectivity index (χ3n) is 7.42. The predicted molar refractivity (Wildman–Crippen MR) is 140 cm³/mol. The molecular weight excluding hydrogens is 511 g/mol. The van der Waals surface area contributed by atoms with E-state index in [0.29, 0.717) is 12.1 Å². The molecule has 2 aromatic rings. The Bertz CT molecular complexity index is 1220. The number of nitrogens with one attached hydrogen (secondary N) is 1. The first kappa shape index (κ1) is 28.4. The highest BCUT2D eigenvalue weighted by Crippen LogP contribution is 2.36. The lowest BCUT2D eigenvalue weighted by molar-refractivity contribution is -0.125. The summed E-state index contributed by atoms with van der Waals surface area (Å²) in [5.74, 6) is -4.83. The fourth-order valence-corrected chi connectivity index (χ4v) is 5.00. The quantitative estimate of drug-likeness (QED) is 0.560. The van der Waals surface area contributed by atoms with Gasteiger partial charge in [-0.25, -0.2) is 18.0 Å². The van der Waals surface area contributed by atoms with Gasteiger partial charge in [0.1, 0.15) is 17.9 Å². The minimum Gasteiger partial charge on any atom is -0.368 e. The Morgan fingerprint density at radius 3 is 2.26 bits per heavy atom. The van der Waals surface area contributed by atoms with Crippen molar-refractivity contribution in [3.63, 3.8) is 0 Å². The standard InChI is InChI=1S/C28H34F3N5O3/c1-27(2,3)18-4-6-21(7-5-18)36(26(39)35-13-10-22(35)24(32)37)23(17-14-19(29)16-33-15-17)25(38)34-20-8-11-28(30,31)12-9-20/h4-7,14-16,20,22-23H,8-13H2,1-3H3,(H2,32,37)(H,34,38). The maximum absolute atomic E-state index is 14.3. The number of anilines is 1. The van der Waals surface area contributed by atoms with E-state index in [1.54, 1.807) is 12.1 Å². The highest BCUT2D eigenvalue weighted by molar-refractivity contribution is 6.02. The van der Waals surface area contributed by atoms with Crippen LogP contribution in [-0.2, 0) is 15.0 Å². The summed E-state index contributed by atoms with van der Waals surface area (Å²) < 4.78 is 41.8. The molecule has 1 aromatic heterocycles. The van der Waals surface area contributed by atoms with Crippen LogP contribution in [0.15, 0.2) is 42.7 Å². The van der Waals surface area contributed by atoms with Gasteiger partial charge in [0.2, 0.25) is 17.7 Å². The molecule has 0 bridgehead atoms. The van der Waals surface area contributed by atoms with E-state index in [2.05, 4.69) is 10.3 Å². The molecule has 1 saturated heterocycles. The average molecular weight is 546 g/mol. The minimum absolute atomic E-state index is 0.0664. The van der Waals surface area contributed by atoms with Crippen LogP contribution in [-0.4, -0.2) is 52.3 Å². The van der Waals surface area contributed by atoms with Crippen LogP contribution in [0.4, 0.5) is 23.7 Å². The molecule has 2 aliphatic rings. The molecule has 1 aliphatic carbocycles. The third-order valence-corrected chi connectivity index (χ3v) is 7.42. The Balaban J connectivity index is 1.76. The number of hydrogen-bond donors (Lipinski definition) is 2. The first-order valence-electron chi connectivity index (χ1n) is 13.1. The van der Waals surface area contributed by atoms with Gasteiger partial charge < -0.3 is 16.0 Å². The van der Waals surface area contributed by atoms with Gasteiger partial charge in [-0.2, -0.15) is 0 Å². The molecule has 39 heavy (non-hydrogen) atoms. The number of nitrogens with zero attached hydrogens (tertiary/aromatic N) is 3. The van der Waals surface area contributed by atoms with Crippen molar-refractivity contribution in [1.82, 2.24) is 15.2 Å². The molecule has 0 radical (unpaired) electrons. The van der Waals surface area contributed by atoms with Crippen LogP contribution in [0.1, 0.15) is 70.0 Å². The van der Waals surface area contributed by atoms with E-state index in [1.807, 2.05) is 32.9 Å². The Labute approximate surface area is 225 Å². The molecule has 1 aromatic carbocycles.